The number of nitriles is 1. The molecular weight excluding hydrogens is 703 g/mol. The van der Waals surface area contributed by atoms with Gasteiger partial charge in [0.25, 0.3) is 0 Å². The normalized spacial score (nSPS) is 22.9. The van der Waals surface area contributed by atoms with Crippen LogP contribution in [0, 0.1) is 28.4 Å². The fraction of sp³-hybridized carbons (Fsp3) is 0.500. The molecular formula is C36H37ClF3N7O3S. The number of alkyl halides is 1. The Bertz CT molecular complexity index is 2150. The van der Waals surface area contributed by atoms with Crippen LogP contribution in [0.25, 0.3) is 32.1 Å². The molecule has 0 radical (unpaired) electrons. The van der Waals surface area contributed by atoms with Crippen LogP contribution in [0.4, 0.5) is 28.8 Å². The van der Waals surface area contributed by atoms with Gasteiger partial charge in [-0.05, 0) is 64.3 Å². The summed E-state index contributed by atoms with van der Waals surface area (Å²) in [7, 11) is 0. The Morgan fingerprint density at radius 2 is 1.98 bits per heavy atom. The van der Waals surface area contributed by atoms with E-state index in [-0.39, 0.29) is 66.4 Å². The summed E-state index contributed by atoms with van der Waals surface area (Å²) in [5, 5.41) is 10.6. The van der Waals surface area contributed by atoms with Crippen molar-refractivity contribution in [2.24, 2.45) is 5.41 Å². The maximum absolute atomic E-state index is 17.1. The number of halogens is 4. The average molecular weight is 740 g/mol. The number of fused-ring (bicyclic) bond motifs is 3. The lowest BCUT2D eigenvalue weighted by atomic mass is 9.79. The molecule has 10 nitrogen and oxygen atoms in total. The summed E-state index contributed by atoms with van der Waals surface area (Å²) in [5.74, 6) is -0.949. The molecule has 4 aliphatic rings. The standard InChI is InChI=1S/C36H37ClF3N7O3S/c1-34(2,3)50-33(48)46-16-35(17-46)8-10-45(15-35)31-21-11-23(37)26(20-5-6-24(39)29-25(20)22(13-41)30(42)51-29)27(40)28(21)43-32(44-31)49-18-36-7-4-9-47(36)14-19(38)12-36/h5-6,11,19H,4,7-10,12,14-18,42H2,1-3H3/t19-,36+/m1/s1. The van der Waals surface area contributed by atoms with Crippen LogP contribution in [0.1, 0.15) is 52.0 Å². The molecule has 268 valence electrons. The lowest BCUT2D eigenvalue weighted by Gasteiger charge is -2.47. The zero-order valence-corrected chi connectivity index (χ0v) is 30.1. The van der Waals surface area contributed by atoms with Crippen LogP contribution in [0.3, 0.4) is 0 Å². The second-order valence-corrected chi connectivity index (χ2v) is 16.9. The van der Waals surface area contributed by atoms with E-state index in [0.717, 1.165) is 37.1 Å². The van der Waals surface area contributed by atoms with Gasteiger partial charge in [-0.3, -0.25) is 4.90 Å². The quantitative estimate of drug-likeness (QED) is 0.225. The summed E-state index contributed by atoms with van der Waals surface area (Å²) in [4.78, 5) is 28.0. The number of benzene rings is 2. The minimum Gasteiger partial charge on any atom is -0.461 e. The number of carbonyl (C=O) groups excluding carboxylic acids is 1. The van der Waals surface area contributed by atoms with E-state index in [1.54, 1.807) is 11.0 Å². The Labute approximate surface area is 301 Å². The summed E-state index contributed by atoms with van der Waals surface area (Å²) < 4.78 is 58.5. The molecule has 4 aromatic rings. The predicted octanol–water partition coefficient (Wildman–Crippen LogP) is 7.30. The Morgan fingerprint density at radius 3 is 2.73 bits per heavy atom. The number of nitrogens with zero attached hydrogens (tertiary/aromatic N) is 6. The smallest absolute Gasteiger partial charge is 0.410 e. The van der Waals surface area contributed by atoms with Crippen molar-refractivity contribution in [3.63, 3.8) is 0 Å². The lowest BCUT2D eigenvalue weighted by molar-refractivity contribution is -0.0266. The number of nitrogen functional groups attached to an aromatic ring is 1. The fourth-order valence-corrected chi connectivity index (χ4v) is 9.70. The number of aromatic nitrogens is 2. The zero-order valence-electron chi connectivity index (χ0n) is 28.5. The molecule has 2 aromatic heterocycles. The molecule has 0 unspecified atom stereocenters. The summed E-state index contributed by atoms with van der Waals surface area (Å²) >= 11 is 7.79. The third-order valence-corrected chi connectivity index (χ3v) is 12.0. The first-order valence-electron chi connectivity index (χ1n) is 17.1. The number of likely N-dealkylation sites (tertiary alicyclic amines) is 1. The molecule has 51 heavy (non-hydrogen) atoms. The molecule has 15 heteroatoms. The van der Waals surface area contributed by atoms with Crippen LogP contribution in [-0.2, 0) is 4.74 Å². The van der Waals surface area contributed by atoms with Crippen LogP contribution < -0.4 is 15.4 Å². The minimum atomic E-state index is -0.954. The molecule has 0 bridgehead atoms. The number of hydrogen-bond donors (Lipinski definition) is 1. The van der Waals surface area contributed by atoms with Crippen molar-refractivity contribution in [3.05, 3.63) is 40.4 Å². The predicted molar refractivity (Wildman–Crippen MR) is 190 cm³/mol. The van der Waals surface area contributed by atoms with Crippen molar-refractivity contribution in [3.8, 4) is 23.2 Å². The van der Waals surface area contributed by atoms with Crippen LogP contribution >= 0.6 is 22.9 Å². The topological polar surface area (TPSA) is 121 Å². The van der Waals surface area contributed by atoms with Gasteiger partial charge >= 0.3 is 12.1 Å². The molecule has 1 spiro atoms. The molecule has 1 amide bonds. The van der Waals surface area contributed by atoms with Gasteiger partial charge in [0.2, 0.25) is 0 Å². The van der Waals surface area contributed by atoms with Gasteiger partial charge in [0.1, 0.15) is 46.6 Å². The van der Waals surface area contributed by atoms with Gasteiger partial charge in [0.15, 0.2) is 5.82 Å². The van der Waals surface area contributed by atoms with E-state index in [2.05, 4.69) is 9.88 Å². The molecule has 4 fully saturated rings. The number of ether oxygens (including phenoxy) is 2. The molecule has 2 N–H and O–H groups in total. The van der Waals surface area contributed by atoms with E-state index in [1.807, 2.05) is 31.7 Å². The Hall–Kier alpha value is -4.06. The van der Waals surface area contributed by atoms with Crippen LogP contribution in [0.5, 0.6) is 6.01 Å². The highest BCUT2D eigenvalue weighted by molar-refractivity contribution is 7.23. The number of carbonyl (C=O) groups is 1. The number of rotatable bonds is 5. The third-order valence-electron chi connectivity index (χ3n) is 10.7. The van der Waals surface area contributed by atoms with Gasteiger partial charge in [0.05, 0.1) is 20.8 Å². The second-order valence-electron chi connectivity index (χ2n) is 15.4. The Kier molecular flexibility index (Phi) is 8.01. The van der Waals surface area contributed by atoms with Crippen LogP contribution in [0.2, 0.25) is 5.02 Å². The van der Waals surface area contributed by atoms with Crippen molar-refractivity contribution in [2.75, 3.05) is 56.5 Å². The first kappa shape index (κ1) is 34.0. The largest absolute Gasteiger partial charge is 0.461 e. The van der Waals surface area contributed by atoms with Gasteiger partial charge in [-0.1, -0.05) is 17.7 Å². The highest BCUT2D eigenvalue weighted by Gasteiger charge is 2.52. The first-order chi connectivity index (χ1) is 24.2. The highest BCUT2D eigenvalue weighted by atomic mass is 35.5. The number of anilines is 2. The molecule has 6 heterocycles. The second kappa shape index (κ2) is 12.0. The lowest BCUT2D eigenvalue weighted by Crippen LogP contribution is -2.60. The molecule has 2 atom stereocenters. The number of thiophene rings is 1. The molecule has 0 saturated carbocycles. The van der Waals surface area contributed by atoms with E-state index in [4.69, 9.17) is 31.8 Å². The molecule has 0 aliphatic carbocycles. The van der Waals surface area contributed by atoms with Crippen molar-refractivity contribution in [1.82, 2.24) is 19.8 Å². The monoisotopic (exact) mass is 739 g/mol. The summed E-state index contributed by atoms with van der Waals surface area (Å²) in [6.45, 7) is 8.91. The third kappa shape index (κ3) is 5.68. The molecule has 2 aromatic carbocycles. The van der Waals surface area contributed by atoms with Crippen molar-refractivity contribution >= 4 is 60.8 Å². The van der Waals surface area contributed by atoms with Crippen molar-refractivity contribution in [2.45, 2.75) is 63.8 Å². The van der Waals surface area contributed by atoms with Gasteiger partial charge in [-0.2, -0.15) is 15.2 Å². The SMILES string of the molecule is CC(C)(C)OC(=O)N1CC2(CCN(c3nc(OC[C@@]45CCCN4C[C@H](F)C5)nc4c(F)c(-c5ccc(F)c6sc(N)c(C#N)c56)c(Cl)cc34)C2)C1. The van der Waals surface area contributed by atoms with E-state index in [1.165, 1.54) is 12.1 Å². The van der Waals surface area contributed by atoms with Gasteiger partial charge in [-0.15, -0.1) is 11.3 Å². The molecule has 8 rings (SSSR count). The maximum Gasteiger partial charge on any atom is 0.410 e. The Balaban J connectivity index is 1.20. The van der Waals surface area contributed by atoms with E-state index in [9.17, 15) is 18.8 Å². The van der Waals surface area contributed by atoms with Gasteiger partial charge in [0, 0.05) is 60.9 Å². The number of hydrogen-bond acceptors (Lipinski definition) is 10. The zero-order chi connectivity index (χ0) is 36.0. The highest BCUT2D eigenvalue weighted by Crippen LogP contribution is 2.48. The van der Waals surface area contributed by atoms with Crippen LogP contribution in [0.15, 0.2) is 18.2 Å². The average Bonchev–Trinajstić information content (AvgIpc) is 3.80. The van der Waals surface area contributed by atoms with Gasteiger partial charge in [-0.25, -0.2) is 18.0 Å². The molecule has 4 saturated heterocycles. The van der Waals surface area contributed by atoms with E-state index >= 15 is 4.39 Å². The number of amides is 1. The fourth-order valence-electron chi connectivity index (χ4n) is 8.46. The number of nitrogens with two attached hydrogens (primary N) is 1. The first-order valence-corrected chi connectivity index (χ1v) is 18.2. The summed E-state index contributed by atoms with van der Waals surface area (Å²) in [6.07, 6.45) is 1.50. The van der Waals surface area contributed by atoms with E-state index in [0.29, 0.717) is 50.3 Å². The minimum absolute atomic E-state index is 0.0224. The maximum atomic E-state index is 17.1. The van der Waals surface area contributed by atoms with Crippen molar-refractivity contribution in [1.29, 1.82) is 5.26 Å². The summed E-state index contributed by atoms with van der Waals surface area (Å²) in [5.41, 5.74) is 4.92. The van der Waals surface area contributed by atoms with Crippen molar-refractivity contribution < 1.29 is 27.4 Å². The van der Waals surface area contributed by atoms with Crippen LogP contribution in [-0.4, -0.2) is 89.0 Å². The molecule has 4 aliphatic heterocycles. The van der Waals surface area contributed by atoms with E-state index < -0.39 is 28.9 Å². The van der Waals surface area contributed by atoms with Gasteiger partial charge < -0.3 is 25.0 Å². The Morgan fingerprint density at radius 1 is 1.20 bits per heavy atom. The summed E-state index contributed by atoms with van der Waals surface area (Å²) in [6, 6.07) is 6.15.